The van der Waals surface area contributed by atoms with Gasteiger partial charge in [0.25, 0.3) is 0 Å². The van der Waals surface area contributed by atoms with E-state index in [0.29, 0.717) is 47.1 Å². The minimum Gasteiger partial charge on any atom is -0.481 e. The summed E-state index contributed by atoms with van der Waals surface area (Å²) in [6.45, 7) is 0.845. The van der Waals surface area contributed by atoms with Gasteiger partial charge in [-0.15, -0.1) is 0 Å². The van der Waals surface area contributed by atoms with Crippen molar-refractivity contribution in [3.8, 4) is 0 Å². The Morgan fingerprint density at radius 2 is 1.52 bits per heavy atom. The second-order valence-electron chi connectivity index (χ2n) is 6.96. The number of likely N-dealkylation sites (tertiary alicyclic amines) is 1. The number of aliphatic carboxylic acids is 1. The van der Waals surface area contributed by atoms with Crippen LogP contribution >= 0.6 is 34.8 Å². The maximum absolute atomic E-state index is 13.4. The van der Waals surface area contributed by atoms with E-state index in [-0.39, 0.29) is 5.02 Å². The summed E-state index contributed by atoms with van der Waals surface area (Å²) in [5, 5.41) is 9.48. The van der Waals surface area contributed by atoms with Gasteiger partial charge in [0.2, 0.25) is 0 Å². The van der Waals surface area contributed by atoms with Crippen LogP contribution in [0.2, 0.25) is 15.1 Å². The molecule has 1 fully saturated rings. The van der Waals surface area contributed by atoms with E-state index in [2.05, 4.69) is 0 Å². The summed E-state index contributed by atoms with van der Waals surface area (Å²) in [5.41, 5.74) is 0.152. The molecular formula is C20H17Cl3F3NO2. The van der Waals surface area contributed by atoms with Crippen molar-refractivity contribution in [1.29, 1.82) is 0 Å². The highest BCUT2D eigenvalue weighted by Crippen LogP contribution is 2.40. The van der Waals surface area contributed by atoms with Crippen LogP contribution in [0.25, 0.3) is 0 Å². The summed E-state index contributed by atoms with van der Waals surface area (Å²) in [5.74, 6) is -1.32. The first kappa shape index (κ1) is 22.2. The first-order valence-corrected chi connectivity index (χ1v) is 9.99. The van der Waals surface area contributed by atoms with E-state index in [9.17, 15) is 23.1 Å². The Labute approximate surface area is 181 Å². The normalized spacial score (nSPS) is 17.3. The third kappa shape index (κ3) is 5.00. The fourth-order valence-corrected chi connectivity index (χ4v) is 4.16. The smallest absolute Gasteiger partial charge is 0.417 e. The summed E-state index contributed by atoms with van der Waals surface area (Å²) in [7, 11) is 0. The Morgan fingerprint density at radius 3 is 2.03 bits per heavy atom. The predicted molar refractivity (Wildman–Crippen MR) is 107 cm³/mol. The third-order valence-electron chi connectivity index (χ3n) is 5.11. The van der Waals surface area contributed by atoms with Crippen LogP contribution < -0.4 is 0 Å². The van der Waals surface area contributed by atoms with E-state index >= 15 is 0 Å². The lowest BCUT2D eigenvalue weighted by molar-refractivity contribution is -0.143. The van der Waals surface area contributed by atoms with E-state index in [1.807, 2.05) is 4.90 Å². The van der Waals surface area contributed by atoms with Crippen LogP contribution in [-0.4, -0.2) is 29.1 Å². The van der Waals surface area contributed by atoms with Crippen molar-refractivity contribution in [2.24, 2.45) is 5.92 Å². The second-order valence-corrected chi connectivity index (χ2v) is 8.18. The predicted octanol–water partition coefficient (Wildman–Crippen LogP) is 6.55. The fourth-order valence-electron chi connectivity index (χ4n) is 3.63. The van der Waals surface area contributed by atoms with Gasteiger partial charge in [0.15, 0.2) is 0 Å². The average molecular weight is 467 g/mol. The highest BCUT2D eigenvalue weighted by molar-refractivity contribution is 6.42. The first-order valence-electron chi connectivity index (χ1n) is 8.86. The van der Waals surface area contributed by atoms with Crippen molar-refractivity contribution in [3.63, 3.8) is 0 Å². The number of nitrogens with zero attached hydrogens (tertiary/aromatic N) is 1. The molecule has 0 aliphatic carbocycles. The van der Waals surface area contributed by atoms with Crippen LogP contribution in [0.5, 0.6) is 0 Å². The van der Waals surface area contributed by atoms with Gasteiger partial charge in [-0.05, 0) is 61.3 Å². The van der Waals surface area contributed by atoms with Gasteiger partial charge in [0.1, 0.15) is 0 Å². The van der Waals surface area contributed by atoms with Crippen LogP contribution in [0.1, 0.15) is 35.6 Å². The molecule has 0 aromatic heterocycles. The number of hydrogen-bond acceptors (Lipinski definition) is 2. The zero-order valence-electron chi connectivity index (χ0n) is 15.0. The van der Waals surface area contributed by atoms with Crippen molar-refractivity contribution >= 4 is 40.8 Å². The molecule has 1 unspecified atom stereocenters. The van der Waals surface area contributed by atoms with E-state index < -0.39 is 29.7 Å². The van der Waals surface area contributed by atoms with E-state index in [1.165, 1.54) is 6.07 Å². The van der Waals surface area contributed by atoms with Gasteiger partial charge in [-0.2, -0.15) is 13.2 Å². The molecule has 9 heteroatoms. The number of carboxylic acid groups (broad SMARTS) is 1. The van der Waals surface area contributed by atoms with Gasteiger partial charge in [-0.3, -0.25) is 9.69 Å². The third-order valence-corrected chi connectivity index (χ3v) is 6.18. The largest absolute Gasteiger partial charge is 0.481 e. The maximum atomic E-state index is 13.4. The molecule has 2 aromatic rings. The minimum absolute atomic E-state index is 0.291. The van der Waals surface area contributed by atoms with Gasteiger partial charge < -0.3 is 5.11 Å². The number of hydrogen-bond donors (Lipinski definition) is 1. The molecule has 0 radical (unpaired) electrons. The summed E-state index contributed by atoms with van der Waals surface area (Å²) >= 11 is 17.9. The first-order chi connectivity index (χ1) is 13.6. The highest BCUT2D eigenvalue weighted by Gasteiger charge is 2.36. The van der Waals surface area contributed by atoms with Crippen LogP contribution in [0.3, 0.4) is 0 Å². The van der Waals surface area contributed by atoms with Crippen molar-refractivity contribution in [3.05, 3.63) is 68.2 Å². The van der Waals surface area contributed by atoms with E-state index in [0.717, 1.165) is 6.07 Å². The zero-order valence-corrected chi connectivity index (χ0v) is 17.3. The Bertz CT molecular complexity index is 912. The summed E-state index contributed by atoms with van der Waals surface area (Å²) in [6, 6.07) is 8.21. The Morgan fingerprint density at radius 1 is 0.966 bits per heavy atom. The lowest BCUT2D eigenvalue weighted by atomic mass is 9.90. The lowest BCUT2D eigenvalue weighted by Crippen LogP contribution is -2.39. The number of alkyl halides is 3. The molecule has 1 aliphatic rings. The molecule has 0 bridgehead atoms. The molecule has 1 aliphatic heterocycles. The maximum Gasteiger partial charge on any atom is 0.417 e. The van der Waals surface area contributed by atoms with Crippen molar-refractivity contribution < 1.29 is 23.1 Å². The standard InChI is InChI=1S/C20H17Cl3F3NO2/c21-15-3-1-12(9-14(15)20(24,25)26)18(13-2-4-16(22)17(23)10-13)27-7-5-11(6-8-27)19(28)29/h1-4,9-11,18H,5-8H2,(H,28,29). The van der Waals surface area contributed by atoms with Crippen molar-refractivity contribution in [2.75, 3.05) is 13.1 Å². The lowest BCUT2D eigenvalue weighted by Gasteiger charge is -2.37. The van der Waals surface area contributed by atoms with Crippen LogP contribution in [0, 0.1) is 5.92 Å². The molecule has 0 saturated carbocycles. The van der Waals surface area contributed by atoms with Crippen LogP contribution in [-0.2, 0) is 11.0 Å². The monoisotopic (exact) mass is 465 g/mol. The number of halogens is 6. The van der Waals surface area contributed by atoms with E-state index in [4.69, 9.17) is 34.8 Å². The molecule has 1 saturated heterocycles. The minimum atomic E-state index is -4.59. The van der Waals surface area contributed by atoms with Crippen LogP contribution in [0.15, 0.2) is 36.4 Å². The van der Waals surface area contributed by atoms with Crippen molar-refractivity contribution in [1.82, 2.24) is 4.90 Å². The molecule has 1 heterocycles. The van der Waals surface area contributed by atoms with Gasteiger partial charge >= 0.3 is 12.1 Å². The molecule has 0 amide bonds. The molecule has 3 rings (SSSR count). The van der Waals surface area contributed by atoms with Gasteiger partial charge in [-0.25, -0.2) is 0 Å². The molecule has 3 nitrogen and oxygen atoms in total. The second kappa shape index (κ2) is 8.72. The molecule has 0 spiro atoms. The topological polar surface area (TPSA) is 40.5 Å². The number of piperidine rings is 1. The molecule has 1 atom stereocenters. The SMILES string of the molecule is O=C(O)C1CCN(C(c2ccc(Cl)c(Cl)c2)c2ccc(Cl)c(C(F)(F)F)c2)CC1. The van der Waals surface area contributed by atoms with Crippen molar-refractivity contribution in [2.45, 2.75) is 25.1 Å². The van der Waals surface area contributed by atoms with Crippen LogP contribution in [0.4, 0.5) is 13.2 Å². The summed E-state index contributed by atoms with van der Waals surface area (Å²) in [6.07, 6.45) is -3.77. The number of carbonyl (C=O) groups is 1. The number of benzene rings is 2. The molecule has 29 heavy (non-hydrogen) atoms. The Kier molecular flexibility index (Phi) is 6.68. The highest BCUT2D eigenvalue weighted by atomic mass is 35.5. The van der Waals surface area contributed by atoms with Gasteiger partial charge in [0.05, 0.1) is 32.6 Å². The number of rotatable bonds is 4. The van der Waals surface area contributed by atoms with Gasteiger partial charge in [0, 0.05) is 0 Å². The quantitative estimate of drug-likeness (QED) is 0.555. The number of carboxylic acids is 1. The fraction of sp³-hybridized carbons (Fsp3) is 0.350. The molecular weight excluding hydrogens is 450 g/mol. The average Bonchev–Trinajstić information content (AvgIpc) is 2.65. The summed E-state index contributed by atoms with van der Waals surface area (Å²) in [4.78, 5) is 13.2. The Balaban J connectivity index is 2.04. The van der Waals surface area contributed by atoms with E-state index in [1.54, 1.807) is 24.3 Å². The molecule has 1 N–H and O–H groups in total. The molecule has 156 valence electrons. The summed E-state index contributed by atoms with van der Waals surface area (Å²) < 4.78 is 40.2. The molecule has 2 aromatic carbocycles. The zero-order chi connectivity index (χ0) is 21.3. The Hall–Kier alpha value is -1.47. The van der Waals surface area contributed by atoms with Gasteiger partial charge in [-0.1, -0.05) is 46.9 Å².